The molecule has 10 nitrogen and oxygen atoms in total. The molecule has 0 unspecified atom stereocenters. The first-order valence-corrected chi connectivity index (χ1v) is 9.42. The number of benzene rings is 1. The van der Waals surface area contributed by atoms with Crippen LogP contribution in [0.15, 0.2) is 39.6 Å². The molecule has 29 heavy (non-hydrogen) atoms. The van der Waals surface area contributed by atoms with Gasteiger partial charge in [-0.05, 0) is 32.9 Å². The molecule has 11 heteroatoms. The SMILES string of the molecule is CCOC(=O)c1sc(N2N=C(C)[C@H](N=Nc3ccccc3C(=O)O)C2=O)nc1C. The van der Waals surface area contributed by atoms with E-state index >= 15 is 0 Å². The fourth-order valence-corrected chi connectivity index (χ4v) is 3.46. The number of hydrogen-bond acceptors (Lipinski definition) is 9. The third-order valence-electron chi connectivity index (χ3n) is 3.94. The summed E-state index contributed by atoms with van der Waals surface area (Å²) in [5.74, 6) is -2.15. The lowest BCUT2D eigenvalue weighted by molar-refractivity contribution is -0.117. The van der Waals surface area contributed by atoms with Crippen molar-refractivity contribution in [1.82, 2.24) is 4.98 Å². The van der Waals surface area contributed by atoms with Crippen molar-refractivity contribution in [1.29, 1.82) is 0 Å². The molecule has 2 aromatic rings. The summed E-state index contributed by atoms with van der Waals surface area (Å²) in [5, 5.41) is 22.6. The van der Waals surface area contributed by atoms with Gasteiger partial charge in [0.15, 0.2) is 6.04 Å². The number of amides is 1. The molecule has 1 aliphatic rings. The number of esters is 1. The van der Waals surface area contributed by atoms with Crippen molar-refractivity contribution in [2.24, 2.45) is 15.3 Å². The van der Waals surface area contributed by atoms with Crippen molar-refractivity contribution >= 4 is 45.7 Å². The molecule has 0 radical (unpaired) electrons. The van der Waals surface area contributed by atoms with Crippen LogP contribution in [0.25, 0.3) is 0 Å². The van der Waals surface area contributed by atoms with E-state index in [-0.39, 0.29) is 23.0 Å². The number of ether oxygens (including phenoxy) is 1. The molecule has 0 aliphatic carbocycles. The minimum atomic E-state index is -1.14. The molecule has 1 aliphatic heterocycles. The minimum Gasteiger partial charge on any atom is -0.478 e. The minimum absolute atomic E-state index is 0.0252. The number of thiazole rings is 1. The first kappa shape index (κ1) is 20.3. The zero-order chi connectivity index (χ0) is 21.1. The lowest BCUT2D eigenvalue weighted by Crippen LogP contribution is -2.29. The average Bonchev–Trinajstić information content (AvgIpc) is 3.20. The summed E-state index contributed by atoms with van der Waals surface area (Å²) in [6.07, 6.45) is 0. The third-order valence-corrected chi connectivity index (χ3v) is 5.05. The van der Waals surface area contributed by atoms with Crippen LogP contribution >= 0.6 is 11.3 Å². The van der Waals surface area contributed by atoms with E-state index in [0.717, 1.165) is 16.3 Å². The number of hydrazone groups is 1. The number of hydrogen-bond donors (Lipinski definition) is 1. The average molecular weight is 415 g/mol. The normalized spacial score (nSPS) is 16.4. The van der Waals surface area contributed by atoms with Gasteiger partial charge in [-0.25, -0.2) is 14.6 Å². The van der Waals surface area contributed by atoms with Gasteiger partial charge in [0.05, 0.1) is 29.3 Å². The number of azo groups is 1. The van der Waals surface area contributed by atoms with E-state index in [4.69, 9.17) is 4.74 Å². The van der Waals surface area contributed by atoms with Gasteiger partial charge in [-0.2, -0.15) is 20.3 Å². The largest absolute Gasteiger partial charge is 0.478 e. The smallest absolute Gasteiger partial charge is 0.350 e. The van der Waals surface area contributed by atoms with Gasteiger partial charge in [0, 0.05) is 0 Å². The van der Waals surface area contributed by atoms with Crippen molar-refractivity contribution in [2.45, 2.75) is 26.8 Å². The number of carboxylic acids is 1. The van der Waals surface area contributed by atoms with E-state index in [1.807, 2.05) is 0 Å². The van der Waals surface area contributed by atoms with Crippen molar-refractivity contribution in [3.63, 3.8) is 0 Å². The molecule has 0 saturated carbocycles. The summed E-state index contributed by atoms with van der Waals surface area (Å²) >= 11 is 0.996. The topological polar surface area (TPSA) is 134 Å². The highest BCUT2D eigenvalue weighted by Gasteiger charge is 2.37. The maximum atomic E-state index is 12.8. The molecule has 0 bridgehead atoms. The van der Waals surface area contributed by atoms with Crippen LogP contribution in [0.3, 0.4) is 0 Å². The van der Waals surface area contributed by atoms with Gasteiger partial charge >= 0.3 is 11.9 Å². The molecule has 2 heterocycles. The lowest BCUT2D eigenvalue weighted by atomic mass is 10.2. The summed E-state index contributed by atoms with van der Waals surface area (Å²) in [5.41, 5.74) is 0.915. The van der Waals surface area contributed by atoms with Crippen molar-refractivity contribution in [2.75, 3.05) is 11.6 Å². The highest BCUT2D eigenvalue weighted by molar-refractivity contribution is 7.17. The van der Waals surface area contributed by atoms with Gasteiger partial charge in [0.1, 0.15) is 4.88 Å². The van der Waals surface area contributed by atoms with Gasteiger partial charge in [0.2, 0.25) is 5.13 Å². The molecule has 0 fully saturated rings. The molecular weight excluding hydrogens is 398 g/mol. The van der Waals surface area contributed by atoms with E-state index < -0.39 is 23.9 Å². The van der Waals surface area contributed by atoms with Crippen LogP contribution in [-0.2, 0) is 9.53 Å². The molecule has 1 aromatic heterocycles. The van der Waals surface area contributed by atoms with Gasteiger partial charge in [0.25, 0.3) is 5.91 Å². The lowest BCUT2D eigenvalue weighted by Gasteiger charge is -2.08. The van der Waals surface area contributed by atoms with E-state index in [1.54, 1.807) is 32.9 Å². The van der Waals surface area contributed by atoms with Crippen LogP contribution in [-0.4, -0.2) is 46.3 Å². The highest BCUT2D eigenvalue weighted by atomic mass is 32.1. The zero-order valence-corrected chi connectivity index (χ0v) is 16.6. The highest BCUT2D eigenvalue weighted by Crippen LogP contribution is 2.30. The molecule has 1 atom stereocenters. The number of aromatic nitrogens is 1. The Hall–Kier alpha value is -3.47. The van der Waals surface area contributed by atoms with E-state index in [1.165, 1.54) is 12.1 Å². The molecule has 150 valence electrons. The fourth-order valence-electron chi connectivity index (χ4n) is 2.55. The summed E-state index contributed by atoms with van der Waals surface area (Å²) in [7, 11) is 0. The number of anilines is 1. The predicted molar refractivity (Wildman–Crippen MR) is 105 cm³/mol. The number of aryl methyl sites for hydroxylation is 1. The van der Waals surface area contributed by atoms with Crippen LogP contribution < -0.4 is 5.01 Å². The van der Waals surface area contributed by atoms with Gasteiger partial charge < -0.3 is 9.84 Å². The monoisotopic (exact) mass is 415 g/mol. The molecule has 1 N–H and O–H groups in total. The number of carbonyl (C=O) groups excluding carboxylic acids is 2. The summed E-state index contributed by atoms with van der Waals surface area (Å²) in [6.45, 7) is 5.18. The van der Waals surface area contributed by atoms with Crippen LogP contribution in [0, 0.1) is 6.92 Å². The zero-order valence-electron chi connectivity index (χ0n) is 15.8. The standard InChI is InChI=1S/C18H17N5O5S/c1-4-28-17(27)14-10(3)19-18(29-14)23-15(24)13(9(2)22-23)21-20-12-8-6-5-7-11(12)16(25)26/h5-8,13H,4H2,1-3H3,(H,25,26)/t13-/m0/s1. The van der Waals surface area contributed by atoms with Gasteiger partial charge in [-0.15, -0.1) is 0 Å². The predicted octanol–water partition coefficient (Wildman–Crippen LogP) is 3.20. The molecule has 1 aromatic carbocycles. The van der Waals surface area contributed by atoms with Crippen LogP contribution in [0.2, 0.25) is 0 Å². The van der Waals surface area contributed by atoms with Crippen molar-refractivity contribution in [3.8, 4) is 0 Å². The Morgan fingerprint density at radius 2 is 2.03 bits per heavy atom. The second kappa shape index (κ2) is 8.27. The van der Waals surface area contributed by atoms with Crippen molar-refractivity contribution in [3.05, 3.63) is 40.4 Å². The molecule has 0 saturated heterocycles. The van der Waals surface area contributed by atoms with E-state index in [0.29, 0.717) is 16.3 Å². The maximum absolute atomic E-state index is 12.8. The van der Waals surface area contributed by atoms with Gasteiger partial charge in [-0.3, -0.25) is 4.79 Å². The molecule has 0 spiro atoms. The Morgan fingerprint density at radius 3 is 2.72 bits per heavy atom. The second-order valence-corrected chi connectivity index (χ2v) is 6.94. The Kier molecular flexibility index (Phi) is 5.78. The first-order valence-electron chi connectivity index (χ1n) is 8.60. The van der Waals surface area contributed by atoms with Crippen LogP contribution in [0.1, 0.15) is 39.6 Å². The quantitative estimate of drug-likeness (QED) is 0.569. The Labute approximate surface area is 169 Å². The third kappa shape index (κ3) is 4.04. The van der Waals surface area contributed by atoms with Crippen molar-refractivity contribution < 1.29 is 24.2 Å². The first-order chi connectivity index (χ1) is 13.8. The number of rotatable bonds is 6. The van der Waals surface area contributed by atoms with Gasteiger partial charge in [-0.1, -0.05) is 23.5 Å². The van der Waals surface area contributed by atoms with Crippen LogP contribution in [0.4, 0.5) is 10.8 Å². The summed E-state index contributed by atoms with van der Waals surface area (Å²) in [6, 6.07) is 5.08. The number of carboxylic acid groups (broad SMARTS) is 1. The molecular formula is C18H17N5O5S. The van der Waals surface area contributed by atoms with E-state index in [2.05, 4.69) is 20.3 Å². The number of nitrogens with zero attached hydrogens (tertiary/aromatic N) is 5. The Morgan fingerprint density at radius 1 is 1.31 bits per heavy atom. The molecule has 3 rings (SSSR count). The summed E-state index contributed by atoms with van der Waals surface area (Å²) < 4.78 is 4.98. The fraction of sp³-hybridized carbons (Fsp3) is 0.278. The van der Waals surface area contributed by atoms with Crippen LogP contribution in [0.5, 0.6) is 0 Å². The Bertz CT molecular complexity index is 1050. The summed E-state index contributed by atoms with van der Waals surface area (Å²) in [4.78, 5) is 40.5. The van der Waals surface area contributed by atoms with E-state index in [9.17, 15) is 19.5 Å². The maximum Gasteiger partial charge on any atom is 0.350 e. The number of carbonyl (C=O) groups is 3. The number of aromatic carboxylic acids is 1. The second-order valence-electron chi connectivity index (χ2n) is 5.96. The molecule has 1 amide bonds. The Balaban J connectivity index is 1.84.